The molecule has 7 nitrogen and oxygen atoms in total. The van der Waals surface area contributed by atoms with Gasteiger partial charge < -0.3 is 19.9 Å². The highest BCUT2D eigenvalue weighted by atomic mass is 19.1. The summed E-state index contributed by atoms with van der Waals surface area (Å²) >= 11 is 0. The minimum absolute atomic E-state index is 0.145. The van der Waals surface area contributed by atoms with E-state index in [0.29, 0.717) is 30.5 Å². The second-order valence-corrected chi connectivity index (χ2v) is 5.29. The van der Waals surface area contributed by atoms with Crippen molar-refractivity contribution in [2.75, 3.05) is 6.61 Å². The lowest BCUT2D eigenvalue weighted by Crippen LogP contribution is -2.37. The van der Waals surface area contributed by atoms with Gasteiger partial charge in [0.1, 0.15) is 11.6 Å². The van der Waals surface area contributed by atoms with Crippen molar-refractivity contribution < 1.29 is 18.4 Å². The normalized spacial score (nSPS) is 16.9. The Balaban J connectivity index is 1.64. The Labute approximate surface area is 132 Å². The Morgan fingerprint density at radius 2 is 2.35 bits per heavy atom. The van der Waals surface area contributed by atoms with Gasteiger partial charge in [-0.05, 0) is 25.8 Å². The summed E-state index contributed by atoms with van der Waals surface area (Å²) in [6.07, 6.45) is 1.48. The Morgan fingerprint density at radius 1 is 1.48 bits per heavy atom. The van der Waals surface area contributed by atoms with E-state index >= 15 is 0 Å². The molecule has 122 valence electrons. The van der Waals surface area contributed by atoms with Crippen LogP contribution in [0.15, 0.2) is 22.7 Å². The number of nitrogens with one attached hydrogen (secondary N) is 2. The third kappa shape index (κ3) is 3.77. The molecule has 0 unspecified atom stereocenters. The number of aryl methyl sites for hydroxylation is 1. The Hall–Kier alpha value is -2.64. The largest absolute Gasteiger partial charge is 0.493 e. The van der Waals surface area contributed by atoms with Crippen LogP contribution in [0.4, 0.5) is 9.18 Å². The molecular weight excluding hydrogens is 303 g/mol. The fraction of sp³-hybridized carbons (Fsp3) is 0.400. The van der Waals surface area contributed by atoms with Crippen LogP contribution in [0.25, 0.3) is 0 Å². The summed E-state index contributed by atoms with van der Waals surface area (Å²) in [6, 6.07) is 3.75. The zero-order valence-corrected chi connectivity index (χ0v) is 12.6. The first-order valence-corrected chi connectivity index (χ1v) is 7.37. The summed E-state index contributed by atoms with van der Waals surface area (Å²) in [5.41, 5.74) is 0.771. The number of amides is 2. The molecule has 23 heavy (non-hydrogen) atoms. The Kier molecular flexibility index (Phi) is 4.40. The maximum Gasteiger partial charge on any atom is 0.315 e. The third-order valence-corrected chi connectivity index (χ3v) is 3.52. The highest BCUT2D eigenvalue weighted by molar-refractivity contribution is 5.74. The van der Waals surface area contributed by atoms with Crippen LogP contribution < -0.4 is 15.4 Å². The maximum atomic E-state index is 13.3. The number of benzene rings is 1. The number of halogens is 1. The predicted molar refractivity (Wildman–Crippen MR) is 78.3 cm³/mol. The lowest BCUT2D eigenvalue weighted by molar-refractivity contribution is 0.234. The van der Waals surface area contributed by atoms with Crippen LogP contribution in [-0.2, 0) is 6.54 Å². The molecule has 0 saturated carbocycles. The second kappa shape index (κ2) is 6.64. The number of urea groups is 1. The minimum atomic E-state index is -0.361. The second-order valence-electron chi connectivity index (χ2n) is 5.29. The SMILES string of the molecule is Cc1noc(CNC(=O)N[C@@H]2CCCOc3cc(F)ccc32)n1. The molecule has 2 N–H and O–H groups in total. The summed E-state index contributed by atoms with van der Waals surface area (Å²) in [7, 11) is 0. The van der Waals surface area contributed by atoms with E-state index in [1.54, 1.807) is 13.0 Å². The average molecular weight is 320 g/mol. The molecule has 0 fully saturated rings. The Bertz CT molecular complexity index is 704. The summed E-state index contributed by atoms with van der Waals surface area (Å²) in [4.78, 5) is 16.1. The molecule has 1 aromatic carbocycles. The summed E-state index contributed by atoms with van der Waals surface area (Å²) in [6.45, 7) is 2.35. The van der Waals surface area contributed by atoms with Gasteiger partial charge in [-0.2, -0.15) is 4.98 Å². The fourth-order valence-electron chi connectivity index (χ4n) is 2.47. The quantitative estimate of drug-likeness (QED) is 0.905. The fourth-order valence-corrected chi connectivity index (χ4v) is 2.47. The zero-order valence-electron chi connectivity index (χ0n) is 12.6. The van der Waals surface area contributed by atoms with Crippen LogP contribution in [0.1, 0.15) is 36.2 Å². The third-order valence-electron chi connectivity index (χ3n) is 3.52. The van der Waals surface area contributed by atoms with Gasteiger partial charge in [-0.3, -0.25) is 0 Å². The molecular formula is C15H17FN4O3. The lowest BCUT2D eigenvalue weighted by Gasteiger charge is -2.18. The standard InChI is InChI=1S/C15H17FN4O3/c1-9-18-14(23-20-9)8-17-15(21)19-12-3-2-6-22-13-7-10(16)4-5-11(12)13/h4-5,7,12H,2-3,6,8H2,1H3,(H2,17,19,21)/t12-/m1/s1. The van der Waals surface area contributed by atoms with E-state index < -0.39 is 0 Å². The van der Waals surface area contributed by atoms with Gasteiger partial charge in [-0.15, -0.1) is 0 Å². The number of carbonyl (C=O) groups excluding carboxylic acids is 1. The molecule has 0 aliphatic carbocycles. The first-order valence-electron chi connectivity index (χ1n) is 7.37. The molecule has 2 aromatic rings. The van der Waals surface area contributed by atoms with E-state index in [1.807, 2.05) is 0 Å². The smallest absolute Gasteiger partial charge is 0.315 e. The number of rotatable bonds is 3. The van der Waals surface area contributed by atoms with Gasteiger partial charge in [-0.1, -0.05) is 11.2 Å². The molecule has 0 bridgehead atoms. The van der Waals surface area contributed by atoms with Crippen molar-refractivity contribution in [1.82, 2.24) is 20.8 Å². The molecule has 0 radical (unpaired) electrons. The van der Waals surface area contributed by atoms with Gasteiger partial charge in [0.2, 0.25) is 5.89 Å². The molecule has 8 heteroatoms. The first kappa shape index (κ1) is 15.3. The molecule has 2 heterocycles. The van der Waals surface area contributed by atoms with Crippen molar-refractivity contribution in [1.29, 1.82) is 0 Å². The van der Waals surface area contributed by atoms with Crippen molar-refractivity contribution in [2.45, 2.75) is 32.4 Å². The monoisotopic (exact) mass is 320 g/mol. The van der Waals surface area contributed by atoms with Crippen molar-refractivity contribution in [2.24, 2.45) is 0 Å². The van der Waals surface area contributed by atoms with Crippen LogP contribution in [-0.4, -0.2) is 22.8 Å². The summed E-state index contributed by atoms with van der Waals surface area (Å²) < 4.78 is 23.8. The van der Waals surface area contributed by atoms with Gasteiger partial charge in [0.15, 0.2) is 5.82 Å². The zero-order chi connectivity index (χ0) is 16.2. The molecule has 0 saturated heterocycles. The maximum absolute atomic E-state index is 13.3. The topological polar surface area (TPSA) is 89.3 Å². The van der Waals surface area contributed by atoms with E-state index in [2.05, 4.69) is 20.8 Å². The van der Waals surface area contributed by atoms with Crippen molar-refractivity contribution >= 4 is 6.03 Å². The van der Waals surface area contributed by atoms with Gasteiger partial charge in [-0.25, -0.2) is 9.18 Å². The number of aromatic nitrogens is 2. The van der Waals surface area contributed by atoms with Crippen LogP contribution >= 0.6 is 0 Å². The van der Waals surface area contributed by atoms with Gasteiger partial charge in [0, 0.05) is 11.6 Å². The lowest BCUT2D eigenvalue weighted by atomic mass is 10.0. The van der Waals surface area contributed by atoms with Crippen LogP contribution in [0.2, 0.25) is 0 Å². The summed E-state index contributed by atoms with van der Waals surface area (Å²) in [5.74, 6) is 0.962. The van der Waals surface area contributed by atoms with Crippen molar-refractivity contribution in [3.63, 3.8) is 0 Å². The average Bonchev–Trinajstić information content (AvgIpc) is 2.84. The van der Waals surface area contributed by atoms with Crippen LogP contribution in [0.5, 0.6) is 5.75 Å². The predicted octanol–water partition coefficient (Wildman–Crippen LogP) is 2.23. The minimum Gasteiger partial charge on any atom is -0.493 e. The number of nitrogens with zero attached hydrogens (tertiary/aromatic N) is 2. The number of hydrogen-bond donors (Lipinski definition) is 2. The van der Waals surface area contributed by atoms with Gasteiger partial charge in [0.05, 0.1) is 19.2 Å². The number of ether oxygens (including phenoxy) is 1. The summed E-state index contributed by atoms with van der Waals surface area (Å²) in [5, 5.41) is 9.18. The number of hydrogen-bond acceptors (Lipinski definition) is 5. The first-order chi connectivity index (χ1) is 11.1. The van der Waals surface area contributed by atoms with E-state index in [-0.39, 0.29) is 24.4 Å². The molecule has 0 spiro atoms. The van der Waals surface area contributed by atoms with Crippen LogP contribution in [0.3, 0.4) is 0 Å². The highest BCUT2D eigenvalue weighted by Gasteiger charge is 2.22. The highest BCUT2D eigenvalue weighted by Crippen LogP contribution is 2.31. The van der Waals surface area contributed by atoms with Crippen LogP contribution in [0, 0.1) is 12.7 Å². The number of carbonyl (C=O) groups is 1. The molecule has 2 amide bonds. The van der Waals surface area contributed by atoms with E-state index in [0.717, 1.165) is 12.0 Å². The Morgan fingerprint density at radius 3 is 3.13 bits per heavy atom. The molecule has 1 aliphatic heterocycles. The molecule has 3 rings (SSSR count). The van der Waals surface area contributed by atoms with Gasteiger partial charge >= 0.3 is 6.03 Å². The number of fused-ring (bicyclic) bond motifs is 1. The van der Waals surface area contributed by atoms with E-state index in [4.69, 9.17) is 9.26 Å². The molecule has 1 aliphatic rings. The molecule has 1 atom stereocenters. The van der Waals surface area contributed by atoms with Crippen molar-refractivity contribution in [3.05, 3.63) is 41.3 Å². The van der Waals surface area contributed by atoms with Crippen molar-refractivity contribution in [3.8, 4) is 5.75 Å². The van der Waals surface area contributed by atoms with E-state index in [9.17, 15) is 9.18 Å². The van der Waals surface area contributed by atoms with Gasteiger partial charge in [0.25, 0.3) is 0 Å². The molecule has 1 aromatic heterocycles. The van der Waals surface area contributed by atoms with E-state index in [1.165, 1.54) is 12.1 Å².